The fraction of sp³-hybridized carbons (Fsp3) is 0.280. The van der Waals surface area contributed by atoms with Crippen LogP contribution < -0.4 is 15.4 Å². The first-order valence-corrected chi connectivity index (χ1v) is 10.9. The molecule has 0 aliphatic carbocycles. The number of hydrogen-bond donors (Lipinski definition) is 3. The molecule has 1 fully saturated rings. The third kappa shape index (κ3) is 4.93. The van der Waals surface area contributed by atoms with Crippen molar-refractivity contribution >= 4 is 41.5 Å². The Labute approximate surface area is 196 Å². The lowest BCUT2D eigenvalue weighted by Crippen LogP contribution is -2.51. The molecule has 1 saturated heterocycles. The summed E-state index contributed by atoms with van der Waals surface area (Å²) < 4.78 is 5.16. The summed E-state index contributed by atoms with van der Waals surface area (Å²) in [5.74, 6) is -1.44. The summed E-state index contributed by atoms with van der Waals surface area (Å²) in [6.07, 6.45) is 3.74. The molecule has 0 radical (unpaired) electrons. The summed E-state index contributed by atoms with van der Waals surface area (Å²) in [4.78, 5) is 50.5. The summed E-state index contributed by atoms with van der Waals surface area (Å²) in [5.41, 5.74) is 2.57. The minimum absolute atomic E-state index is 0.182. The smallest absolute Gasteiger partial charge is 0.303 e. The van der Waals surface area contributed by atoms with Gasteiger partial charge in [-0.15, -0.1) is 0 Å². The van der Waals surface area contributed by atoms with E-state index in [1.54, 1.807) is 19.2 Å². The second-order valence-corrected chi connectivity index (χ2v) is 8.20. The molecule has 2 aromatic rings. The van der Waals surface area contributed by atoms with Crippen molar-refractivity contribution < 1.29 is 29.0 Å². The maximum Gasteiger partial charge on any atom is 0.303 e. The molecular formula is C25H25N3O6. The van der Waals surface area contributed by atoms with Gasteiger partial charge in [0, 0.05) is 13.0 Å². The Kier molecular flexibility index (Phi) is 6.62. The number of carbonyl (C=O) groups is 4. The Balaban J connectivity index is 1.51. The zero-order valence-electron chi connectivity index (χ0n) is 18.6. The van der Waals surface area contributed by atoms with Crippen LogP contribution in [0.5, 0.6) is 5.75 Å². The number of aliphatic carboxylic acids is 1. The van der Waals surface area contributed by atoms with E-state index in [2.05, 4.69) is 10.6 Å². The van der Waals surface area contributed by atoms with Crippen LogP contribution in [0, 0.1) is 0 Å². The van der Waals surface area contributed by atoms with Gasteiger partial charge in [-0.05, 0) is 41.8 Å². The SMILES string of the molecule is COc1ccc(C=Cc2ccc3c(c2)C(=O)N2CCC(NC(=O)CCC(=O)O)C2C(=O)N3)cc1. The maximum atomic E-state index is 13.3. The fourth-order valence-electron chi connectivity index (χ4n) is 4.22. The van der Waals surface area contributed by atoms with Gasteiger partial charge >= 0.3 is 5.97 Å². The Bertz CT molecular complexity index is 1160. The number of nitrogens with one attached hydrogen (secondary N) is 2. The molecular weight excluding hydrogens is 438 g/mol. The topological polar surface area (TPSA) is 125 Å². The van der Waals surface area contributed by atoms with Crippen LogP contribution in [0.1, 0.15) is 40.7 Å². The summed E-state index contributed by atoms with van der Waals surface area (Å²) >= 11 is 0. The van der Waals surface area contributed by atoms with Crippen molar-refractivity contribution in [1.82, 2.24) is 10.2 Å². The highest BCUT2D eigenvalue weighted by Gasteiger charge is 2.45. The Hall–Kier alpha value is -4.14. The molecule has 2 atom stereocenters. The molecule has 4 rings (SSSR count). The van der Waals surface area contributed by atoms with Crippen LogP contribution in [0.25, 0.3) is 12.2 Å². The van der Waals surface area contributed by atoms with E-state index in [1.807, 2.05) is 42.5 Å². The van der Waals surface area contributed by atoms with E-state index in [1.165, 1.54) is 4.90 Å². The number of benzene rings is 2. The number of carbonyl (C=O) groups excluding carboxylic acids is 3. The number of rotatable bonds is 7. The molecule has 2 heterocycles. The van der Waals surface area contributed by atoms with E-state index in [0.717, 1.165) is 16.9 Å². The molecule has 0 spiro atoms. The van der Waals surface area contributed by atoms with Crippen LogP contribution in [-0.4, -0.2) is 59.4 Å². The first-order chi connectivity index (χ1) is 16.4. The number of fused-ring (bicyclic) bond motifs is 2. The predicted octanol–water partition coefficient (Wildman–Crippen LogP) is 2.38. The maximum absolute atomic E-state index is 13.3. The lowest BCUT2D eigenvalue weighted by molar-refractivity contribution is -0.139. The van der Waals surface area contributed by atoms with Gasteiger partial charge in [-0.3, -0.25) is 19.2 Å². The van der Waals surface area contributed by atoms with Gasteiger partial charge in [-0.25, -0.2) is 0 Å². The van der Waals surface area contributed by atoms with E-state index in [9.17, 15) is 19.2 Å². The van der Waals surface area contributed by atoms with Crippen molar-refractivity contribution in [3.63, 3.8) is 0 Å². The summed E-state index contributed by atoms with van der Waals surface area (Å²) in [6, 6.07) is 11.4. The molecule has 2 unspecified atom stereocenters. The Morgan fingerprint density at radius 1 is 1.12 bits per heavy atom. The molecule has 2 aliphatic heterocycles. The van der Waals surface area contributed by atoms with E-state index in [0.29, 0.717) is 24.2 Å². The zero-order valence-corrected chi connectivity index (χ0v) is 18.6. The van der Waals surface area contributed by atoms with E-state index < -0.39 is 24.0 Å². The highest BCUT2D eigenvalue weighted by molar-refractivity contribution is 6.11. The van der Waals surface area contributed by atoms with Gasteiger partial charge in [-0.1, -0.05) is 30.4 Å². The minimum Gasteiger partial charge on any atom is -0.497 e. The third-order valence-electron chi connectivity index (χ3n) is 5.96. The van der Waals surface area contributed by atoms with Crippen LogP contribution in [0.2, 0.25) is 0 Å². The quantitative estimate of drug-likeness (QED) is 0.542. The van der Waals surface area contributed by atoms with Gasteiger partial charge in [0.05, 0.1) is 30.8 Å². The molecule has 0 bridgehead atoms. The van der Waals surface area contributed by atoms with Crippen molar-refractivity contribution in [1.29, 1.82) is 0 Å². The lowest BCUT2D eigenvalue weighted by atomic mass is 10.1. The molecule has 2 aromatic carbocycles. The van der Waals surface area contributed by atoms with E-state index >= 15 is 0 Å². The average Bonchev–Trinajstić information content (AvgIpc) is 3.21. The number of carboxylic acid groups (broad SMARTS) is 1. The zero-order chi connectivity index (χ0) is 24.2. The number of hydrogen-bond acceptors (Lipinski definition) is 5. The molecule has 9 nitrogen and oxygen atoms in total. The van der Waals surface area contributed by atoms with Gasteiger partial charge in [0.15, 0.2) is 0 Å². The molecule has 2 aliphatic rings. The number of anilines is 1. The van der Waals surface area contributed by atoms with Gasteiger partial charge in [0.2, 0.25) is 11.8 Å². The fourth-order valence-corrected chi connectivity index (χ4v) is 4.22. The van der Waals surface area contributed by atoms with E-state index in [-0.39, 0.29) is 24.7 Å². The normalized spacial score (nSPS) is 19.3. The van der Waals surface area contributed by atoms with Crippen LogP contribution in [0.15, 0.2) is 42.5 Å². The van der Waals surface area contributed by atoms with E-state index in [4.69, 9.17) is 9.84 Å². The standard InChI is InChI=1S/C25H25N3O6/c1-34-17-7-4-15(5-8-17)2-3-16-6-9-19-18(14-16)25(33)28-13-12-20(23(28)24(32)27-19)26-21(29)10-11-22(30)31/h2-9,14,20,23H,10-13H2,1H3,(H,26,29)(H,27,32)(H,30,31). The molecule has 0 aromatic heterocycles. The van der Waals surface area contributed by atoms with Crippen molar-refractivity contribution in [2.75, 3.05) is 19.0 Å². The Morgan fingerprint density at radius 3 is 2.53 bits per heavy atom. The van der Waals surface area contributed by atoms with Crippen LogP contribution in [0.4, 0.5) is 5.69 Å². The molecule has 0 saturated carbocycles. The van der Waals surface area contributed by atoms with Crippen LogP contribution in [-0.2, 0) is 14.4 Å². The van der Waals surface area contributed by atoms with Crippen molar-refractivity contribution in [3.8, 4) is 5.75 Å². The first-order valence-electron chi connectivity index (χ1n) is 10.9. The second kappa shape index (κ2) is 9.78. The number of methoxy groups -OCH3 is 1. The van der Waals surface area contributed by atoms with Gasteiger partial charge in [-0.2, -0.15) is 0 Å². The number of nitrogens with zero attached hydrogens (tertiary/aromatic N) is 1. The van der Waals surface area contributed by atoms with Gasteiger partial charge in [0.1, 0.15) is 11.8 Å². The highest BCUT2D eigenvalue weighted by atomic mass is 16.5. The lowest BCUT2D eigenvalue weighted by Gasteiger charge is -2.24. The molecule has 3 N–H and O–H groups in total. The first kappa shape index (κ1) is 23.0. The van der Waals surface area contributed by atoms with Crippen molar-refractivity contribution in [2.45, 2.75) is 31.3 Å². The van der Waals surface area contributed by atoms with Crippen LogP contribution >= 0.6 is 0 Å². The number of amides is 3. The monoisotopic (exact) mass is 463 g/mol. The van der Waals surface area contributed by atoms with Gasteiger partial charge in [0.25, 0.3) is 5.91 Å². The highest BCUT2D eigenvalue weighted by Crippen LogP contribution is 2.30. The second-order valence-electron chi connectivity index (χ2n) is 8.20. The number of ether oxygens (including phenoxy) is 1. The largest absolute Gasteiger partial charge is 0.497 e. The van der Waals surface area contributed by atoms with Gasteiger partial charge < -0.3 is 25.4 Å². The predicted molar refractivity (Wildman–Crippen MR) is 125 cm³/mol. The van der Waals surface area contributed by atoms with Crippen LogP contribution in [0.3, 0.4) is 0 Å². The van der Waals surface area contributed by atoms with Crippen molar-refractivity contribution in [2.24, 2.45) is 0 Å². The average molecular weight is 463 g/mol. The van der Waals surface area contributed by atoms with Crippen molar-refractivity contribution in [3.05, 3.63) is 59.2 Å². The summed E-state index contributed by atoms with van der Waals surface area (Å²) in [5, 5.41) is 14.3. The molecule has 9 heteroatoms. The number of carboxylic acids is 1. The molecule has 176 valence electrons. The third-order valence-corrected chi connectivity index (χ3v) is 5.96. The molecule has 3 amide bonds. The Morgan fingerprint density at radius 2 is 1.82 bits per heavy atom. The summed E-state index contributed by atoms with van der Waals surface area (Å²) in [6.45, 7) is 0.312. The minimum atomic E-state index is -1.07. The summed E-state index contributed by atoms with van der Waals surface area (Å²) in [7, 11) is 1.61. The molecule has 34 heavy (non-hydrogen) atoms.